The molecule has 1 saturated heterocycles. The van der Waals surface area contributed by atoms with Gasteiger partial charge in [0, 0.05) is 13.1 Å². The van der Waals surface area contributed by atoms with Crippen molar-refractivity contribution in [2.45, 2.75) is 25.4 Å². The molecule has 2 rings (SSSR count). The van der Waals surface area contributed by atoms with Gasteiger partial charge in [0.25, 0.3) is 0 Å². The van der Waals surface area contributed by atoms with E-state index < -0.39 is 0 Å². The van der Waals surface area contributed by atoms with E-state index in [4.69, 9.17) is 4.74 Å². The molecule has 1 aliphatic rings. The van der Waals surface area contributed by atoms with Gasteiger partial charge < -0.3 is 15.2 Å². The molecule has 1 heterocycles. The summed E-state index contributed by atoms with van der Waals surface area (Å²) in [6.45, 7) is 2.44. The molecule has 0 aliphatic carbocycles. The van der Waals surface area contributed by atoms with Crippen molar-refractivity contribution in [2.24, 2.45) is 0 Å². The molecule has 0 radical (unpaired) electrons. The van der Waals surface area contributed by atoms with Crippen LogP contribution in [0.2, 0.25) is 0 Å². The summed E-state index contributed by atoms with van der Waals surface area (Å²) in [5.74, 6) is 0.866. The number of nitrogens with zero attached hydrogens (tertiary/aromatic N) is 1. The Balaban J connectivity index is 1.71. The molecular formula is C16H24N2O3. The van der Waals surface area contributed by atoms with E-state index in [-0.39, 0.29) is 12.0 Å². The molecule has 0 spiro atoms. The second-order valence-electron chi connectivity index (χ2n) is 5.44. The number of para-hydroxylation sites is 1. The second-order valence-corrected chi connectivity index (χ2v) is 5.44. The van der Waals surface area contributed by atoms with Crippen LogP contribution in [0.1, 0.15) is 18.4 Å². The number of ether oxygens (including phenoxy) is 1. The van der Waals surface area contributed by atoms with Gasteiger partial charge in [0.05, 0.1) is 19.8 Å². The zero-order chi connectivity index (χ0) is 15.1. The zero-order valence-electron chi connectivity index (χ0n) is 12.5. The number of rotatable bonds is 6. The van der Waals surface area contributed by atoms with Crippen LogP contribution in [0.25, 0.3) is 0 Å². The number of amides is 1. The zero-order valence-corrected chi connectivity index (χ0v) is 12.5. The highest BCUT2D eigenvalue weighted by Crippen LogP contribution is 2.17. The van der Waals surface area contributed by atoms with E-state index in [1.807, 2.05) is 29.2 Å². The molecule has 5 heteroatoms. The van der Waals surface area contributed by atoms with Crippen molar-refractivity contribution in [3.05, 3.63) is 29.8 Å². The molecule has 1 aromatic rings. The maximum atomic E-state index is 11.9. The number of likely N-dealkylation sites (tertiary alicyclic amines) is 1. The van der Waals surface area contributed by atoms with E-state index in [2.05, 4.69) is 5.32 Å². The number of benzene rings is 1. The topological polar surface area (TPSA) is 61.8 Å². The number of carbonyl (C=O) groups excluding carboxylic acids is 1. The van der Waals surface area contributed by atoms with Crippen LogP contribution in [0.4, 0.5) is 0 Å². The molecule has 5 nitrogen and oxygen atoms in total. The van der Waals surface area contributed by atoms with Crippen LogP contribution in [-0.2, 0) is 11.2 Å². The van der Waals surface area contributed by atoms with Crippen LogP contribution in [0, 0.1) is 0 Å². The van der Waals surface area contributed by atoms with Crippen molar-refractivity contribution in [2.75, 3.05) is 33.3 Å². The molecular weight excluding hydrogens is 268 g/mol. The Morgan fingerprint density at radius 1 is 1.48 bits per heavy atom. The quantitative estimate of drug-likeness (QED) is 0.814. The molecule has 1 aliphatic heterocycles. The minimum Gasteiger partial charge on any atom is -0.496 e. The predicted molar refractivity (Wildman–Crippen MR) is 81.4 cm³/mol. The Morgan fingerprint density at radius 3 is 3.05 bits per heavy atom. The van der Waals surface area contributed by atoms with Crippen LogP contribution >= 0.6 is 0 Å². The van der Waals surface area contributed by atoms with E-state index in [0.29, 0.717) is 19.6 Å². The van der Waals surface area contributed by atoms with E-state index in [0.717, 1.165) is 37.1 Å². The van der Waals surface area contributed by atoms with Gasteiger partial charge in [-0.2, -0.15) is 0 Å². The van der Waals surface area contributed by atoms with E-state index in [1.165, 1.54) is 0 Å². The van der Waals surface area contributed by atoms with Gasteiger partial charge in [-0.05, 0) is 37.4 Å². The fraction of sp³-hybridized carbons (Fsp3) is 0.562. The first-order valence-electron chi connectivity index (χ1n) is 7.48. The highest BCUT2D eigenvalue weighted by atomic mass is 16.5. The summed E-state index contributed by atoms with van der Waals surface area (Å²) in [7, 11) is 1.65. The number of aliphatic hydroxyl groups is 1. The summed E-state index contributed by atoms with van der Waals surface area (Å²) in [5, 5.41) is 12.5. The Kier molecular flexibility index (Phi) is 6.02. The molecule has 21 heavy (non-hydrogen) atoms. The average molecular weight is 292 g/mol. The molecule has 0 bridgehead atoms. The number of carbonyl (C=O) groups is 1. The third-order valence-corrected chi connectivity index (χ3v) is 3.76. The highest BCUT2D eigenvalue weighted by molar-refractivity contribution is 5.78. The number of β-amino-alcohol motifs (C(OH)–C–C–N with tert-alkyl or cyclic N) is 1. The summed E-state index contributed by atoms with van der Waals surface area (Å²) < 4.78 is 5.29. The summed E-state index contributed by atoms with van der Waals surface area (Å²) in [6.07, 6.45) is 2.25. The monoisotopic (exact) mass is 292 g/mol. The third kappa shape index (κ3) is 5.02. The van der Waals surface area contributed by atoms with E-state index in [1.54, 1.807) is 7.11 Å². The lowest BCUT2D eigenvalue weighted by Crippen LogP contribution is -2.44. The normalized spacial score (nSPS) is 19.2. The number of hydrogen-bond donors (Lipinski definition) is 2. The summed E-state index contributed by atoms with van der Waals surface area (Å²) in [4.78, 5) is 13.9. The largest absolute Gasteiger partial charge is 0.496 e. The summed E-state index contributed by atoms with van der Waals surface area (Å²) >= 11 is 0. The lowest BCUT2D eigenvalue weighted by atomic mass is 10.1. The van der Waals surface area contributed by atoms with Gasteiger partial charge in [0.2, 0.25) is 5.91 Å². The standard InChI is InChI=1S/C16H24N2O3/c1-21-15-7-3-2-5-13(15)8-9-17-16(20)12-18-10-4-6-14(19)11-18/h2-3,5,7,14,19H,4,6,8-12H2,1H3,(H,17,20)/t14-/m1/s1. The molecule has 116 valence electrons. The molecule has 1 atom stereocenters. The van der Waals surface area contributed by atoms with Gasteiger partial charge in [0.15, 0.2) is 0 Å². The van der Waals surface area contributed by atoms with Crippen molar-refractivity contribution >= 4 is 5.91 Å². The smallest absolute Gasteiger partial charge is 0.234 e. The summed E-state index contributed by atoms with van der Waals surface area (Å²) in [6, 6.07) is 7.83. The van der Waals surface area contributed by atoms with Gasteiger partial charge >= 0.3 is 0 Å². The first-order chi connectivity index (χ1) is 10.2. The van der Waals surface area contributed by atoms with E-state index >= 15 is 0 Å². The van der Waals surface area contributed by atoms with Gasteiger partial charge in [0.1, 0.15) is 5.75 Å². The van der Waals surface area contributed by atoms with Crippen molar-refractivity contribution in [1.82, 2.24) is 10.2 Å². The second kappa shape index (κ2) is 8.00. The molecule has 2 N–H and O–H groups in total. The molecule has 1 fully saturated rings. The van der Waals surface area contributed by atoms with Crippen LogP contribution in [0.5, 0.6) is 5.75 Å². The first kappa shape index (κ1) is 15.8. The van der Waals surface area contributed by atoms with E-state index in [9.17, 15) is 9.90 Å². The van der Waals surface area contributed by atoms with Gasteiger partial charge in [-0.15, -0.1) is 0 Å². The minimum atomic E-state index is -0.292. The van der Waals surface area contributed by atoms with Crippen molar-refractivity contribution < 1.29 is 14.6 Å². The summed E-state index contributed by atoms with van der Waals surface area (Å²) in [5.41, 5.74) is 1.09. The van der Waals surface area contributed by atoms with Crippen LogP contribution in [0.15, 0.2) is 24.3 Å². The Bertz CT molecular complexity index is 465. The number of hydrogen-bond acceptors (Lipinski definition) is 4. The highest BCUT2D eigenvalue weighted by Gasteiger charge is 2.19. The lowest BCUT2D eigenvalue weighted by molar-refractivity contribution is -0.122. The molecule has 0 saturated carbocycles. The lowest BCUT2D eigenvalue weighted by Gasteiger charge is -2.29. The van der Waals surface area contributed by atoms with Crippen molar-refractivity contribution in [3.8, 4) is 5.75 Å². The Hall–Kier alpha value is -1.59. The molecule has 0 unspecified atom stereocenters. The SMILES string of the molecule is COc1ccccc1CCNC(=O)CN1CCC[C@@H](O)C1. The first-order valence-corrected chi connectivity index (χ1v) is 7.48. The Labute approximate surface area is 125 Å². The van der Waals surface area contributed by atoms with Crippen LogP contribution < -0.4 is 10.1 Å². The molecule has 1 aromatic carbocycles. The van der Waals surface area contributed by atoms with Gasteiger partial charge in [-0.1, -0.05) is 18.2 Å². The van der Waals surface area contributed by atoms with Crippen LogP contribution in [0.3, 0.4) is 0 Å². The van der Waals surface area contributed by atoms with Crippen LogP contribution in [-0.4, -0.2) is 55.3 Å². The van der Waals surface area contributed by atoms with Crippen molar-refractivity contribution in [3.63, 3.8) is 0 Å². The van der Waals surface area contributed by atoms with Gasteiger partial charge in [-0.3, -0.25) is 9.69 Å². The minimum absolute atomic E-state index is 0.0130. The maximum absolute atomic E-state index is 11.9. The number of methoxy groups -OCH3 is 1. The Morgan fingerprint density at radius 2 is 2.29 bits per heavy atom. The number of aliphatic hydroxyl groups excluding tert-OH is 1. The molecule has 1 amide bonds. The predicted octanol–water partition coefficient (Wildman–Crippen LogP) is 0.811. The number of nitrogens with one attached hydrogen (secondary N) is 1. The third-order valence-electron chi connectivity index (χ3n) is 3.76. The maximum Gasteiger partial charge on any atom is 0.234 e. The van der Waals surface area contributed by atoms with Gasteiger partial charge in [-0.25, -0.2) is 0 Å². The molecule has 0 aromatic heterocycles. The average Bonchev–Trinajstić information content (AvgIpc) is 2.47. The fourth-order valence-electron chi connectivity index (χ4n) is 2.68. The number of piperidine rings is 1. The van der Waals surface area contributed by atoms with Crippen molar-refractivity contribution in [1.29, 1.82) is 0 Å². The fourth-order valence-corrected chi connectivity index (χ4v) is 2.68.